The number of allylic oxidation sites excluding steroid dienone is 1. The van der Waals surface area contributed by atoms with Gasteiger partial charge in [-0.25, -0.2) is 10.4 Å². The minimum atomic E-state index is -0.153. The quantitative estimate of drug-likeness (QED) is 0.945. The number of nitrogens with zero attached hydrogens (tertiary/aromatic N) is 2. The second-order valence-electron chi connectivity index (χ2n) is 6.59. The van der Waals surface area contributed by atoms with Crippen LogP contribution in [0.5, 0.6) is 0 Å². The second-order valence-corrected chi connectivity index (χ2v) is 6.59. The molecular formula is C20H21N3O. The lowest BCUT2D eigenvalue weighted by Crippen LogP contribution is -2.45. The van der Waals surface area contributed by atoms with E-state index in [0.29, 0.717) is 0 Å². The van der Waals surface area contributed by atoms with Crippen molar-refractivity contribution in [3.05, 3.63) is 71.8 Å². The highest BCUT2D eigenvalue weighted by atomic mass is 16.2. The van der Waals surface area contributed by atoms with Crippen LogP contribution in [-0.2, 0) is 4.79 Å². The van der Waals surface area contributed by atoms with Crippen LogP contribution in [0, 0.1) is 5.92 Å². The average molecular weight is 319 g/mol. The lowest BCUT2D eigenvalue weighted by atomic mass is 9.85. The molecule has 1 heterocycles. The van der Waals surface area contributed by atoms with E-state index in [1.165, 1.54) is 11.1 Å². The Hall–Kier alpha value is -2.43. The maximum atomic E-state index is 13.2. The summed E-state index contributed by atoms with van der Waals surface area (Å²) in [6.45, 7) is 0. The first kappa shape index (κ1) is 15.1. The molecule has 0 aromatic heterocycles. The molecular weight excluding hydrogens is 298 g/mol. The first-order chi connectivity index (χ1) is 11.7. The number of amides is 1. The van der Waals surface area contributed by atoms with Crippen LogP contribution in [0.1, 0.15) is 17.0 Å². The van der Waals surface area contributed by atoms with Crippen molar-refractivity contribution in [3.8, 4) is 0 Å². The van der Waals surface area contributed by atoms with Gasteiger partial charge in [-0.1, -0.05) is 54.6 Å². The Balaban J connectivity index is 1.71. The third-order valence-electron chi connectivity index (χ3n) is 4.90. The molecule has 3 unspecified atom stereocenters. The molecule has 0 spiro atoms. The molecule has 1 N–H and O–H groups in total. The number of hydrogen-bond donors (Lipinski definition) is 1. The SMILES string of the molecule is CN(C)C1NN(c2ccccc2)C(=O)C1C1C=Cc2ccccc21. The Morgan fingerprint density at radius 1 is 1.00 bits per heavy atom. The lowest BCUT2D eigenvalue weighted by molar-refractivity contribution is -0.121. The van der Waals surface area contributed by atoms with Crippen LogP contribution >= 0.6 is 0 Å². The van der Waals surface area contributed by atoms with Crippen molar-refractivity contribution in [2.75, 3.05) is 19.1 Å². The Morgan fingerprint density at radius 3 is 2.46 bits per heavy atom. The van der Waals surface area contributed by atoms with Gasteiger partial charge in [0, 0.05) is 5.92 Å². The molecule has 0 radical (unpaired) electrons. The molecule has 0 bridgehead atoms. The molecule has 1 amide bonds. The predicted molar refractivity (Wildman–Crippen MR) is 96.2 cm³/mol. The van der Waals surface area contributed by atoms with Crippen LogP contribution in [0.25, 0.3) is 6.08 Å². The van der Waals surface area contributed by atoms with Gasteiger partial charge in [0.25, 0.3) is 0 Å². The summed E-state index contributed by atoms with van der Waals surface area (Å²) in [6, 6.07) is 18.1. The predicted octanol–water partition coefficient (Wildman–Crippen LogP) is 2.85. The molecule has 4 heteroatoms. The molecule has 1 fully saturated rings. The molecule has 3 atom stereocenters. The number of hydrazine groups is 1. The maximum Gasteiger partial charge on any atom is 0.248 e. The molecule has 4 nitrogen and oxygen atoms in total. The summed E-state index contributed by atoms with van der Waals surface area (Å²) in [6.07, 6.45) is 4.25. The number of carbonyl (C=O) groups is 1. The normalized spacial score (nSPS) is 25.5. The zero-order valence-corrected chi connectivity index (χ0v) is 13.9. The van der Waals surface area contributed by atoms with Crippen molar-refractivity contribution in [1.29, 1.82) is 0 Å². The zero-order chi connectivity index (χ0) is 16.7. The van der Waals surface area contributed by atoms with Gasteiger partial charge >= 0.3 is 0 Å². The first-order valence-electron chi connectivity index (χ1n) is 8.25. The van der Waals surface area contributed by atoms with Crippen molar-refractivity contribution >= 4 is 17.7 Å². The summed E-state index contributed by atoms with van der Waals surface area (Å²) in [4.78, 5) is 15.3. The van der Waals surface area contributed by atoms with Crippen LogP contribution in [-0.4, -0.2) is 31.1 Å². The molecule has 24 heavy (non-hydrogen) atoms. The number of anilines is 1. The summed E-state index contributed by atoms with van der Waals surface area (Å²) in [5.74, 6) is 0.0636. The minimum Gasteiger partial charge on any atom is -0.292 e. The summed E-state index contributed by atoms with van der Waals surface area (Å²) in [5, 5.41) is 1.70. The van der Waals surface area contributed by atoms with E-state index >= 15 is 0 Å². The molecule has 4 rings (SSSR count). The molecule has 0 saturated carbocycles. The van der Waals surface area contributed by atoms with Gasteiger partial charge in [0.15, 0.2) is 0 Å². The Morgan fingerprint density at radius 2 is 1.71 bits per heavy atom. The largest absolute Gasteiger partial charge is 0.292 e. The first-order valence-corrected chi connectivity index (χ1v) is 8.25. The van der Waals surface area contributed by atoms with Crippen molar-refractivity contribution in [3.63, 3.8) is 0 Å². The average Bonchev–Trinajstić information content (AvgIpc) is 3.16. The molecule has 2 aliphatic rings. The molecule has 1 aliphatic heterocycles. The van der Waals surface area contributed by atoms with Gasteiger partial charge in [-0.3, -0.25) is 9.69 Å². The second kappa shape index (κ2) is 5.89. The maximum absolute atomic E-state index is 13.2. The number of rotatable bonds is 3. The van der Waals surface area contributed by atoms with Crippen molar-refractivity contribution < 1.29 is 4.79 Å². The Labute approximate surface area is 142 Å². The van der Waals surface area contributed by atoms with E-state index in [1.54, 1.807) is 5.01 Å². The third-order valence-corrected chi connectivity index (χ3v) is 4.90. The minimum absolute atomic E-state index is 0.0430. The van der Waals surface area contributed by atoms with E-state index in [9.17, 15) is 4.79 Å². The molecule has 2 aromatic carbocycles. The van der Waals surface area contributed by atoms with Crippen molar-refractivity contribution in [2.45, 2.75) is 12.1 Å². The van der Waals surface area contributed by atoms with E-state index in [1.807, 2.05) is 56.6 Å². The van der Waals surface area contributed by atoms with Crippen LogP contribution in [0.3, 0.4) is 0 Å². The van der Waals surface area contributed by atoms with Gasteiger partial charge in [0.2, 0.25) is 5.91 Å². The van der Waals surface area contributed by atoms with Gasteiger partial charge in [-0.15, -0.1) is 0 Å². The summed E-state index contributed by atoms with van der Waals surface area (Å²) < 4.78 is 0. The summed E-state index contributed by atoms with van der Waals surface area (Å²) in [7, 11) is 4.02. The molecule has 1 aliphatic carbocycles. The fraction of sp³-hybridized carbons (Fsp3) is 0.250. The number of nitrogens with one attached hydrogen (secondary N) is 1. The van der Waals surface area contributed by atoms with E-state index < -0.39 is 0 Å². The van der Waals surface area contributed by atoms with Crippen molar-refractivity contribution in [1.82, 2.24) is 10.3 Å². The van der Waals surface area contributed by atoms with E-state index in [4.69, 9.17) is 0 Å². The van der Waals surface area contributed by atoms with Gasteiger partial charge < -0.3 is 0 Å². The van der Waals surface area contributed by atoms with Crippen LogP contribution in [0.15, 0.2) is 60.7 Å². The fourth-order valence-electron chi connectivity index (χ4n) is 3.72. The number of para-hydroxylation sites is 1. The highest BCUT2D eigenvalue weighted by molar-refractivity contribution is 5.98. The molecule has 122 valence electrons. The van der Waals surface area contributed by atoms with Gasteiger partial charge in [-0.05, 0) is 37.4 Å². The monoisotopic (exact) mass is 319 g/mol. The highest BCUT2D eigenvalue weighted by Gasteiger charge is 2.47. The van der Waals surface area contributed by atoms with Gasteiger partial charge in [0.1, 0.15) is 0 Å². The molecule has 2 aromatic rings. The number of benzene rings is 2. The Kier molecular flexibility index (Phi) is 3.71. The lowest BCUT2D eigenvalue weighted by Gasteiger charge is -2.27. The summed E-state index contributed by atoms with van der Waals surface area (Å²) >= 11 is 0. The Bertz CT molecular complexity index is 784. The van der Waals surface area contributed by atoms with Crippen LogP contribution < -0.4 is 10.4 Å². The van der Waals surface area contributed by atoms with Crippen LogP contribution in [0.4, 0.5) is 5.69 Å². The van der Waals surface area contributed by atoms with Gasteiger partial charge in [-0.2, -0.15) is 0 Å². The smallest absolute Gasteiger partial charge is 0.248 e. The number of carbonyl (C=O) groups excluding carboxylic acids is 1. The van der Waals surface area contributed by atoms with Gasteiger partial charge in [0.05, 0.1) is 17.8 Å². The van der Waals surface area contributed by atoms with E-state index in [2.05, 4.69) is 34.6 Å². The van der Waals surface area contributed by atoms with Crippen LogP contribution in [0.2, 0.25) is 0 Å². The van der Waals surface area contributed by atoms with Crippen molar-refractivity contribution in [2.24, 2.45) is 5.92 Å². The van der Waals surface area contributed by atoms with E-state index in [0.717, 1.165) is 5.69 Å². The number of fused-ring (bicyclic) bond motifs is 1. The third kappa shape index (κ3) is 2.35. The highest BCUT2D eigenvalue weighted by Crippen LogP contribution is 2.40. The topological polar surface area (TPSA) is 35.6 Å². The molecule has 1 saturated heterocycles. The fourth-order valence-corrected chi connectivity index (χ4v) is 3.72. The summed E-state index contributed by atoms with van der Waals surface area (Å²) in [5.41, 5.74) is 6.72. The standard InChI is InChI=1S/C20H21N3O/c1-22(2)19-18(17-13-12-14-8-6-7-11-16(14)17)20(24)23(21-19)15-9-4-3-5-10-15/h3-13,17-19,21H,1-2H3. The number of hydrogen-bond acceptors (Lipinski definition) is 3. The van der Waals surface area contributed by atoms with E-state index in [-0.39, 0.29) is 23.9 Å². The zero-order valence-electron chi connectivity index (χ0n) is 13.9.